The third-order valence-electron chi connectivity index (χ3n) is 5.14. The van der Waals surface area contributed by atoms with Crippen LogP contribution in [0.25, 0.3) is 0 Å². The fourth-order valence-electron chi connectivity index (χ4n) is 3.62. The van der Waals surface area contributed by atoms with Crippen molar-refractivity contribution in [1.82, 2.24) is 5.32 Å². The van der Waals surface area contributed by atoms with Gasteiger partial charge in [-0.15, -0.1) is 0 Å². The van der Waals surface area contributed by atoms with Crippen molar-refractivity contribution in [3.8, 4) is 11.5 Å². The predicted octanol–water partition coefficient (Wildman–Crippen LogP) is 3.76. The fourth-order valence-corrected chi connectivity index (χ4v) is 3.62. The van der Waals surface area contributed by atoms with Crippen LogP contribution in [0.2, 0.25) is 0 Å². The highest BCUT2D eigenvalue weighted by Crippen LogP contribution is 2.39. The summed E-state index contributed by atoms with van der Waals surface area (Å²) in [7, 11) is 3.41. The lowest BCUT2D eigenvalue weighted by Crippen LogP contribution is -2.43. The highest BCUT2D eigenvalue weighted by atomic mass is 16.5. The maximum absolute atomic E-state index is 5.31. The summed E-state index contributed by atoms with van der Waals surface area (Å²) in [4.78, 5) is 0. The van der Waals surface area contributed by atoms with Crippen molar-refractivity contribution in [3.05, 3.63) is 59.7 Å². The van der Waals surface area contributed by atoms with E-state index < -0.39 is 0 Å². The molecule has 1 atom stereocenters. The molecule has 1 N–H and O–H groups in total. The van der Waals surface area contributed by atoms with Crippen LogP contribution >= 0.6 is 0 Å². The van der Waals surface area contributed by atoms with Crippen LogP contribution in [0.1, 0.15) is 30.9 Å². The maximum Gasteiger partial charge on any atom is 0.118 e. The molecule has 0 saturated carbocycles. The third kappa shape index (κ3) is 2.93. The van der Waals surface area contributed by atoms with Gasteiger partial charge in [-0.3, -0.25) is 0 Å². The number of hydrogen-bond donors (Lipinski definition) is 1. The van der Waals surface area contributed by atoms with Gasteiger partial charge in [-0.1, -0.05) is 24.3 Å². The van der Waals surface area contributed by atoms with Gasteiger partial charge < -0.3 is 14.8 Å². The molecule has 2 aromatic rings. The quantitative estimate of drug-likeness (QED) is 0.912. The van der Waals surface area contributed by atoms with Gasteiger partial charge in [0.05, 0.1) is 14.2 Å². The van der Waals surface area contributed by atoms with E-state index in [0.29, 0.717) is 6.04 Å². The molecule has 3 nitrogen and oxygen atoms in total. The molecule has 3 rings (SSSR count). The number of rotatable bonds is 5. The van der Waals surface area contributed by atoms with Gasteiger partial charge in [0, 0.05) is 11.5 Å². The van der Waals surface area contributed by atoms with Gasteiger partial charge in [-0.25, -0.2) is 0 Å². The molecule has 1 aliphatic heterocycles. The Morgan fingerprint density at radius 3 is 1.70 bits per heavy atom. The Morgan fingerprint density at radius 2 is 1.35 bits per heavy atom. The standard InChI is InChI=1S/C20H25NO2/c1-20(19-5-4-14-21-19,15-6-10-17(22-2)11-7-15)16-8-12-18(23-3)13-9-16/h6-13,19,21H,4-5,14H2,1-3H3. The Balaban J connectivity index is 2.04. The Hall–Kier alpha value is -2.00. The number of hydrogen-bond acceptors (Lipinski definition) is 3. The number of nitrogens with one attached hydrogen (secondary N) is 1. The molecule has 2 aromatic carbocycles. The zero-order valence-electron chi connectivity index (χ0n) is 14.1. The summed E-state index contributed by atoms with van der Waals surface area (Å²) < 4.78 is 10.6. The summed E-state index contributed by atoms with van der Waals surface area (Å²) in [5.41, 5.74) is 2.54. The van der Waals surface area contributed by atoms with Gasteiger partial charge in [0.25, 0.3) is 0 Å². The monoisotopic (exact) mass is 311 g/mol. The molecule has 1 aliphatic rings. The van der Waals surface area contributed by atoms with Gasteiger partial charge >= 0.3 is 0 Å². The summed E-state index contributed by atoms with van der Waals surface area (Å²) >= 11 is 0. The summed E-state index contributed by atoms with van der Waals surface area (Å²) in [6.07, 6.45) is 2.42. The smallest absolute Gasteiger partial charge is 0.118 e. The first kappa shape index (κ1) is 15.9. The van der Waals surface area contributed by atoms with Crippen LogP contribution in [0.15, 0.2) is 48.5 Å². The molecule has 1 saturated heterocycles. The van der Waals surface area contributed by atoms with Crippen LogP contribution in [0.3, 0.4) is 0 Å². The van der Waals surface area contributed by atoms with Crippen molar-refractivity contribution in [2.45, 2.75) is 31.2 Å². The second kappa shape index (κ2) is 6.63. The molecular formula is C20H25NO2. The van der Waals surface area contributed by atoms with Crippen LogP contribution in [0.4, 0.5) is 0 Å². The Bertz CT molecular complexity index is 580. The van der Waals surface area contributed by atoms with Crippen LogP contribution in [-0.2, 0) is 5.41 Å². The minimum atomic E-state index is -0.0744. The molecule has 0 aromatic heterocycles. The zero-order chi connectivity index (χ0) is 16.3. The van der Waals surface area contributed by atoms with Gasteiger partial charge in [-0.05, 0) is 61.7 Å². The first-order valence-corrected chi connectivity index (χ1v) is 8.21. The molecule has 0 bridgehead atoms. The van der Waals surface area contributed by atoms with Crippen molar-refractivity contribution < 1.29 is 9.47 Å². The highest BCUT2D eigenvalue weighted by Gasteiger charge is 2.39. The molecule has 1 heterocycles. The number of benzene rings is 2. The SMILES string of the molecule is COc1ccc(C(C)(c2ccc(OC)cc2)C2CCCN2)cc1. The van der Waals surface area contributed by atoms with Crippen molar-refractivity contribution in [2.24, 2.45) is 0 Å². The second-order valence-electron chi connectivity index (χ2n) is 6.31. The molecule has 23 heavy (non-hydrogen) atoms. The van der Waals surface area contributed by atoms with E-state index in [-0.39, 0.29) is 5.41 Å². The normalized spacial score (nSPS) is 18.0. The second-order valence-corrected chi connectivity index (χ2v) is 6.31. The molecule has 0 amide bonds. The number of ether oxygens (including phenoxy) is 2. The first-order valence-electron chi connectivity index (χ1n) is 8.21. The maximum atomic E-state index is 5.31. The first-order chi connectivity index (χ1) is 11.2. The van der Waals surface area contributed by atoms with Crippen LogP contribution in [-0.4, -0.2) is 26.8 Å². The topological polar surface area (TPSA) is 30.5 Å². The molecular weight excluding hydrogens is 286 g/mol. The van der Waals surface area contributed by atoms with E-state index in [1.807, 2.05) is 24.3 Å². The minimum Gasteiger partial charge on any atom is -0.497 e. The van der Waals surface area contributed by atoms with Gasteiger partial charge in [-0.2, -0.15) is 0 Å². The van der Waals surface area contributed by atoms with E-state index in [1.165, 1.54) is 24.0 Å². The van der Waals surface area contributed by atoms with Gasteiger partial charge in [0.2, 0.25) is 0 Å². The van der Waals surface area contributed by atoms with Crippen molar-refractivity contribution >= 4 is 0 Å². The lowest BCUT2D eigenvalue weighted by Gasteiger charge is -2.37. The summed E-state index contributed by atoms with van der Waals surface area (Å²) in [6, 6.07) is 17.4. The molecule has 1 fully saturated rings. The molecule has 0 spiro atoms. The Morgan fingerprint density at radius 1 is 0.870 bits per heavy atom. The Labute approximate surface area is 138 Å². The summed E-state index contributed by atoms with van der Waals surface area (Å²) in [5.74, 6) is 1.79. The van der Waals surface area contributed by atoms with Gasteiger partial charge in [0.15, 0.2) is 0 Å². The molecule has 3 heteroatoms. The lowest BCUT2D eigenvalue weighted by molar-refractivity contribution is 0.398. The van der Waals surface area contributed by atoms with E-state index in [0.717, 1.165) is 18.0 Å². The van der Waals surface area contributed by atoms with Crippen molar-refractivity contribution in [3.63, 3.8) is 0 Å². The highest BCUT2D eigenvalue weighted by molar-refractivity contribution is 5.44. The average Bonchev–Trinajstić information content (AvgIpc) is 3.16. The third-order valence-corrected chi connectivity index (χ3v) is 5.14. The molecule has 1 unspecified atom stereocenters. The van der Waals surface area contributed by atoms with Gasteiger partial charge in [0.1, 0.15) is 11.5 Å². The van der Waals surface area contributed by atoms with E-state index in [4.69, 9.17) is 9.47 Å². The zero-order valence-corrected chi connectivity index (χ0v) is 14.1. The van der Waals surface area contributed by atoms with E-state index >= 15 is 0 Å². The van der Waals surface area contributed by atoms with Crippen LogP contribution < -0.4 is 14.8 Å². The van der Waals surface area contributed by atoms with Crippen molar-refractivity contribution in [2.75, 3.05) is 20.8 Å². The van der Waals surface area contributed by atoms with E-state index in [1.54, 1.807) is 14.2 Å². The number of methoxy groups -OCH3 is 2. The van der Waals surface area contributed by atoms with E-state index in [9.17, 15) is 0 Å². The van der Waals surface area contributed by atoms with Crippen LogP contribution in [0.5, 0.6) is 11.5 Å². The fraction of sp³-hybridized carbons (Fsp3) is 0.400. The summed E-state index contributed by atoms with van der Waals surface area (Å²) in [5, 5.41) is 3.69. The minimum absolute atomic E-state index is 0.0744. The summed E-state index contributed by atoms with van der Waals surface area (Å²) in [6.45, 7) is 3.42. The molecule has 0 radical (unpaired) electrons. The van der Waals surface area contributed by atoms with Crippen LogP contribution in [0, 0.1) is 0 Å². The van der Waals surface area contributed by atoms with Crippen molar-refractivity contribution in [1.29, 1.82) is 0 Å². The predicted molar refractivity (Wildman–Crippen MR) is 93.5 cm³/mol. The average molecular weight is 311 g/mol. The molecule has 122 valence electrons. The lowest BCUT2D eigenvalue weighted by atomic mass is 9.70. The van der Waals surface area contributed by atoms with E-state index in [2.05, 4.69) is 36.5 Å². The largest absolute Gasteiger partial charge is 0.497 e. The molecule has 0 aliphatic carbocycles. The Kier molecular flexibility index (Phi) is 4.58.